The molecular formula is C26H34N2O4. The van der Waals surface area contributed by atoms with Crippen LogP contribution >= 0.6 is 0 Å². The first kappa shape index (κ1) is 23.8. The number of hydrogen-bond donors (Lipinski definition) is 1. The molecule has 3 rings (SSSR count). The molecule has 1 aliphatic rings. The number of ether oxygens (including phenoxy) is 2. The van der Waals surface area contributed by atoms with Crippen molar-refractivity contribution >= 4 is 17.9 Å². The molecule has 1 N–H and O–H groups in total. The maximum atomic E-state index is 11.7. The number of carboxylic acid groups (broad SMARTS) is 1. The third kappa shape index (κ3) is 6.57. The minimum Gasteiger partial charge on any atom is -0.491 e. The zero-order valence-corrected chi connectivity index (χ0v) is 19.2. The first-order valence-corrected chi connectivity index (χ1v) is 11.6. The Bertz CT molecular complexity index is 909. The lowest BCUT2D eigenvalue weighted by Gasteiger charge is -2.27. The summed E-state index contributed by atoms with van der Waals surface area (Å²) in [6.07, 6.45) is 8.25. The van der Waals surface area contributed by atoms with Gasteiger partial charge >= 0.3 is 5.97 Å². The number of carbonyl (C=O) groups is 1. The summed E-state index contributed by atoms with van der Waals surface area (Å²) in [7, 11) is 0. The molecule has 1 aromatic carbocycles. The summed E-state index contributed by atoms with van der Waals surface area (Å²) < 4.78 is 11.3. The van der Waals surface area contributed by atoms with Crippen molar-refractivity contribution in [2.45, 2.75) is 46.0 Å². The highest BCUT2D eigenvalue weighted by molar-refractivity contribution is 5.93. The Kier molecular flexibility index (Phi) is 9.11. The number of aliphatic carboxylic acids is 1. The van der Waals surface area contributed by atoms with Crippen LogP contribution in [0.2, 0.25) is 0 Å². The van der Waals surface area contributed by atoms with Crippen LogP contribution < -0.4 is 9.64 Å². The molecular weight excluding hydrogens is 404 g/mol. The van der Waals surface area contributed by atoms with E-state index in [4.69, 9.17) is 14.5 Å². The van der Waals surface area contributed by atoms with E-state index < -0.39 is 5.97 Å². The van der Waals surface area contributed by atoms with E-state index in [9.17, 15) is 9.90 Å². The van der Waals surface area contributed by atoms with Crippen LogP contribution in [0.3, 0.4) is 0 Å². The molecule has 0 spiro atoms. The van der Waals surface area contributed by atoms with Crippen molar-refractivity contribution in [1.29, 1.82) is 0 Å². The van der Waals surface area contributed by atoms with Gasteiger partial charge in [0, 0.05) is 42.6 Å². The van der Waals surface area contributed by atoms with Crippen molar-refractivity contribution in [3.63, 3.8) is 0 Å². The number of nitrogens with zero attached hydrogens (tertiary/aromatic N) is 2. The van der Waals surface area contributed by atoms with Crippen LogP contribution in [0.5, 0.6) is 5.75 Å². The van der Waals surface area contributed by atoms with Gasteiger partial charge in [-0.2, -0.15) is 0 Å². The topological polar surface area (TPSA) is 71.9 Å². The minimum atomic E-state index is -0.856. The largest absolute Gasteiger partial charge is 0.491 e. The number of rotatable bonds is 11. The Morgan fingerprint density at radius 3 is 2.62 bits per heavy atom. The van der Waals surface area contributed by atoms with Crippen LogP contribution in [0, 0.1) is 0 Å². The van der Waals surface area contributed by atoms with E-state index in [1.54, 1.807) is 6.08 Å². The van der Waals surface area contributed by atoms with E-state index in [1.807, 2.05) is 36.5 Å². The van der Waals surface area contributed by atoms with E-state index in [1.165, 1.54) is 0 Å². The summed E-state index contributed by atoms with van der Waals surface area (Å²) in [5, 5.41) is 9.57. The number of anilines is 1. The molecule has 6 nitrogen and oxygen atoms in total. The van der Waals surface area contributed by atoms with E-state index in [0.29, 0.717) is 25.2 Å². The fourth-order valence-electron chi connectivity index (χ4n) is 3.80. The van der Waals surface area contributed by atoms with E-state index in [2.05, 4.69) is 18.7 Å². The second-order valence-corrected chi connectivity index (χ2v) is 8.04. The van der Waals surface area contributed by atoms with E-state index in [0.717, 1.165) is 73.6 Å². The maximum Gasteiger partial charge on any atom is 0.331 e. The fraction of sp³-hybridized carbons (Fsp3) is 0.462. The van der Waals surface area contributed by atoms with Crippen LogP contribution in [0.25, 0.3) is 17.2 Å². The van der Waals surface area contributed by atoms with Crippen molar-refractivity contribution in [2.24, 2.45) is 0 Å². The number of unbranched alkanes of at least 4 members (excludes halogenated alkanes) is 1. The summed E-state index contributed by atoms with van der Waals surface area (Å²) in [6, 6.07) is 9.94. The number of pyridine rings is 1. The Balaban J connectivity index is 1.76. The van der Waals surface area contributed by atoms with Crippen molar-refractivity contribution < 1.29 is 19.4 Å². The Morgan fingerprint density at radius 2 is 1.91 bits per heavy atom. The van der Waals surface area contributed by atoms with Crippen molar-refractivity contribution in [3.8, 4) is 16.9 Å². The molecule has 0 amide bonds. The van der Waals surface area contributed by atoms with Gasteiger partial charge in [-0.05, 0) is 55.5 Å². The van der Waals surface area contributed by atoms with Gasteiger partial charge in [0.15, 0.2) is 0 Å². The molecule has 0 bridgehead atoms. The van der Waals surface area contributed by atoms with Crippen LogP contribution in [0.1, 0.15) is 51.5 Å². The average Bonchev–Trinajstić information content (AvgIpc) is 2.79. The van der Waals surface area contributed by atoms with Gasteiger partial charge in [-0.1, -0.05) is 32.4 Å². The summed E-state index contributed by atoms with van der Waals surface area (Å²) in [5.74, 6) is 0.803. The number of hydrogen-bond acceptors (Lipinski definition) is 5. The lowest BCUT2D eigenvalue weighted by Crippen LogP contribution is -2.28. The smallest absolute Gasteiger partial charge is 0.331 e. The predicted octanol–water partition coefficient (Wildman–Crippen LogP) is 5.42. The highest BCUT2D eigenvalue weighted by Gasteiger charge is 2.18. The van der Waals surface area contributed by atoms with Gasteiger partial charge in [0.1, 0.15) is 18.2 Å². The molecule has 2 heterocycles. The SMILES string of the molecule is CCCCOCCOc1ccc(-c2cnc3c(c2)/C=C(/C(=O)O)CCCN3CCC)cc1. The Hall–Kier alpha value is -2.86. The lowest BCUT2D eigenvalue weighted by atomic mass is 10.00. The highest BCUT2D eigenvalue weighted by Crippen LogP contribution is 2.30. The van der Waals surface area contributed by atoms with Crippen LogP contribution in [-0.4, -0.2) is 49.0 Å². The van der Waals surface area contributed by atoms with Crippen LogP contribution in [-0.2, 0) is 9.53 Å². The Labute approximate surface area is 190 Å². The zero-order chi connectivity index (χ0) is 22.8. The van der Waals surface area contributed by atoms with Gasteiger partial charge in [0.05, 0.1) is 6.61 Å². The van der Waals surface area contributed by atoms with Gasteiger partial charge in [-0.25, -0.2) is 9.78 Å². The van der Waals surface area contributed by atoms with E-state index >= 15 is 0 Å². The zero-order valence-electron chi connectivity index (χ0n) is 19.2. The van der Waals surface area contributed by atoms with Crippen LogP contribution in [0.15, 0.2) is 42.1 Å². The first-order chi connectivity index (χ1) is 15.6. The molecule has 172 valence electrons. The number of fused-ring (bicyclic) bond motifs is 1. The summed E-state index contributed by atoms with van der Waals surface area (Å²) >= 11 is 0. The average molecular weight is 439 g/mol. The monoisotopic (exact) mass is 438 g/mol. The second-order valence-electron chi connectivity index (χ2n) is 8.04. The highest BCUT2D eigenvalue weighted by atomic mass is 16.5. The molecule has 1 aliphatic heterocycles. The molecule has 6 heteroatoms. The summed E-state index contributed by atoms with van der Waals surface area (Å²) in [4.78, 5) is 18.7. The molecule has 0 saturated heterocycles. The van der Waals surface area contributed by atoms with Gasteiger partial charge < -0.3 is 19.5 Å². The second kappa shape index (κ2) is 12.2. The Morgan fingerprint density at radius 1 is 1.09 bits per heavy atom. The molecule has 1 aromatic heterocycles. The number of carboxylic acids is 1. The molecule has 0 unspecified atom stereocenters. The van der Waals surface area contributed by atoms with E-state index in [-0.39, 0.29) is 0 Å². The fourth-order valence-corrected chi connectivity index (χ4v) is 3.80. The quantitative estimate of drug-likeness (QED) is 0.472. The van der Waals surface area contributed by atoms with Crippen LogP contribution in [0.4, 0.5) is 5.82 Å². The number of aromatic nitrogens is 1. The van der Waals surface area contributed by atoms with Gasteiger partial charge in [-0.3, -0.25) is 0 Å². The molecule has 0 atom stereocenters. The lowest BCUT2D eigenvalue weighted by molar-refractivity contribution is -0.132. The molecule has 0 aliphatic carbocycles. The van der Waals surface area contributed by atoms with Crippen molar-refractivity contribution in [2.75, 3.05) is 37.8 Å². The molecule has 32 heavy (non-hydrogen) atoms. The van der Waals surface area contributed by atoms with Gasteiger partial charge in [0.25, 0.3) is 0 Å². The molecule has 2 aromatic rings. The first-order valence-electron chi connectivity index (χ1n) is 11.6. The maximum absolute atomic E-state index is 11.7. The standard InChI is InChI=1S/C26H34N2O4/c1-3-5-14-31-15-16-32-24-10-8-20(9-11-24)23-18-22-17-21(26(29)30)7-6-13-28(12-4-2)25(22)27-19-23/h8-11,17-19H,3-7,12-16H2,1-2H3,(H,29,30)/b21-17+. The molecule has 0 saturated carbocycles. The van der Waals surface area contributed by atoms with Gasteiger partial charge in [0.2, 0.25) is 0 Å². The third-order valence-corrected chi connectivity index (χ3v) is 5.49. The third-order valence-electron chi connectivity index (χ3n) is 5.49. The van der Waals surface area contributed by atoms with Crippen molar-refractivity contribution in [3.05, 3.63) is 47.7 Å². The predicted molar refractivity (Wildman–Crippen MR) is 128 cm³/mol. The minimum absolute atomic E-state index is 0.436. The number of benzene rings is 1. The summed E-state index contributed by atoms with van der Waals surface area (Å²) in [5.41, 5.74) is 3.27. The normalized spacial score (nSPS) is 15.3. The molecule has 0 radical (unpaired) electrons. The molecule has 0 fully saturated rings. The van der Waals surface area contributed by atoms with Gasteiger partial charge in [-0.15, -0.1) is 0 Å². The van der Waals surface area contributed by atoms with Crippen molar-refractivity contribution in [1.82, 2.24) is 4.98 Å². The summed E-state index contributed by atoms with van der Waals surface area (Å²) in [6.45, 7) is 7.90.